The predicted molar refractivity (Wildman–Crippen MR) is 59.7 cm³/mol. The van der Waals surface area contributed by atoms with E-state index in [2.05, 4.69) is 0 Å². The summed E-state index contributed by atoms with van der Waals surface area (Å²) in [6.45, 7) is 0.0650. The van der Waals surface area contributed by atoms with E-state index in [9.17, 15) is 22.4 Å². The number of amides is 1. The van der Waals surface area contributed by atoms with Crippen molar-refractivity contribution < 1.29 is 22.4 Å². The number of piperidine rings is 1. The molecule has 0 unspecified atom stereocenters. The van der Waals surface area contributed by atoms with E-state index in [1.165, 1.54) is 0 Å². The van der Waals surface area contributed by atoms with Crippen molar-refractivity contribution in [2.75, 3.05) is 11.4 Å². The predicted octanol–water partition coefficient (Wildman–Crippen LogP) is 3.18. The number of hydrogen-bond donors (Lipinski definition) is 0. The van der Waals surface area contributed by atoms with E-state index in [1.54, 1.807) is 0 Å². The van der Waals surface area contributed by atoms with E-state index >= 15 is 0 Å². The lowest BCUT2D eigenvalue weighted by atomic mass is 10.1. The van der Waals surface area contributed by atoms with Crippen LogP contribution in [0.15, 0.2) is 6.07 Å². The third-order valence-electron chi connectivity index (χ3n) is 2.68. The molecule has 1 aromatic rings. The fraction of sp³-hybridized carbons (Fsp3) is 0.364. The maximum Gasteiger partial charge on any atom is 0.227 e. The van der Waals surface area contributed by atoms with Gasteiger partial charge in [0.25, 0.3) is 0 Å². The number of halogens is 5. The second-order valence-corrected chi connectivity index (χ2v) is 3.82. The molecule has 1 fully saturated rings. The second kappa shape index (κ2) is 5.56. The largest absolute Gasteiger partial charge is 0.307 e. The van der Waals surface area contributed by atoms with Crippen LogP contribution in [0.4, 0.5) is 23.2 Å². The highest BCUT2D eigenvalue weighted by molar-refractivity contribution is 5.94. The standard InChI is InChI=1S/C11H9F4NO.ClH/c12-6-5-7(13)10(15)11(9(6)14)16-4-2-1-3-8(16)17;/h5H,1-4H2;1H. The normalized spacial score (nSPS) is 15.6. The van der Waals surface area contributed by atoms with Crippen LogP contribution in [-0.2, 0) is 4.79 Å². The molecule has 18 heavy (non-hydrogen) atoms. The number of rotatable bonds is 1. The Balaban J connectivity index is 0.00000162. The summed E-state index contributed by atoms with van der Waals surface area (Å²) in [6, 6.07) is 0.128. The Morgan fingerprint density at radius 2 is 1.56 bits per heavy atom. The van der Waals surface area contributed by atoms with Crippen molar-refractivity contribution in [1.29, 1.82) is 0 Å². The lowest BCUT2D eigenvalue weighted by Crippen LogP contribution is -2.37. The maximum atomic E-state index is 13.4. The van der Waals surface area contributed by atoms with Gasteiger partial charge in [-0.3, -0.25) is 4.79 Å². The van der Waals surface area contributed by atoms with Crippen molar-refractivity contribution in [1.82, 2.24) is 0 Å². The van der Waals surface area contributed by atoms with Gasteiger partial charge in [-0.25, -0.2) is 17.6 Å². The quantitative estimate of drug-likeness (QED) is 0.573. The Labute approximate surface area is 107 Å². The van der Waals surface area contributed by atoms with Crippen molar-refractivity contribution in [3.8, 4) is 0 Å². The molecule has 1 aliphatic heterocycles. The van der Waals surface area contributed by atoms with Crippen LogP contribution >= 0.6 is 12.4 Å². The van der Waals surface area contributed by atoms with E-state index in [1.807, 2.05) is 0 Å². The zero-order valence-electron chi connectivity index (χ0n) is 9.18. The van der Waals surface area contributed by atoms with Crippen LogP contribution in [0.3, 0.4) is 0 Å². The molecule has 0 atom stereocenters. The minimum absolute atomic E-state index is 0. The minimum Gasteiger partial charge on any atom is -0.307 e. The Bertz CT molecular complexity index is 454. The maximum absolute atomic E-state index is 13.4. The van der Waals surface area contributed by atoms with E-state index in [4.69, 9.17) is 0 Å². The van der Waals surface area contributed by atoms with E-state index in [0.29, 0.717) is 12.8 Å². The highest BCUT2D eigenvalue weighted by Crippen LogP contribution is 2.30. The summed E-state index contributed by atoms with van der Waals surface area (Å²) in [5.41, 5.74) is -0.924. The van der Waals surface area contributed by atoms with Gasteiger partial charge in [-0.2, -0.15) is 0 Å². The van der Waals surface area contributed by atoms with Crippen LogP contribution in [-0.4, -0.2) is 12.5 Å². The zero-order chi connectivity index (χ0) is 12.6. The van der Waals surface area contributed by atoms with Gasteiger partial charge in [0.1, 0.15) is 5.69 Å². The van der Waals surface area contributed by atoms with Crippen LogP contribution in [0.2, 0.25) is 0 Å². The fourth-order valence-corrected chi connectivity index (χ4v) is 1.84. The van der Waals surface area contributed by atoms with Gasteiger partial charge in [0, 0.05) is 19.0 Å². The van der Waals surface area contributed by atoms with Gasteiger partial charge in [-0.15, -0.1) is 12.4 Å². The highest BCUT2D eigenvalue weighted by atomic mass is 35.5. The van der Waals surface area contributed by atoms with E-state index in [0.717, 1.165) is 4.90 Å². The number of benzene rings is 1. The monoisotopic (exact) mass is 283 g/mol. The van der Waals surface area contributed by atoms with Gasteiger partial charge < -0.3 is 4.90 Å². The third kappa shape index (κ3) is 2.43. The van der Waals surface area contributed by atoms with Crippen molar-refractivity contribution >= 4 is 24.0 Å². The molecule has 0 N–H and O–H groups in total. The molecule has 0 aliphatic carbocycles. The number of nitrogens with zero attached hydrogens (tertiary/aromatic N) is 1. The van der Waals surface area contributed by atoms with Gasteiger partial charge >= 0.3 is 0 Å². The van der Waals surface area contributed by atoms with Crippen LogP contribution in [0.25, 0.3) is 0 Å². The summed E-state index contributed by atoms with van der Waals surface area (Å²) in [4.78, 5) is 12.2. The zero-order valence-corrected chi connectivity index (χ0v) is 10.00. The van der Waals surface area contributed by atoms with Crippen LogP contribution in [0.1, 0.15) is 19.3 Å². The molecular formula is C11H10ClF4NO. The summed E-state index contributed by atoms with van der Waals surface area (Å²) >= 11 is 0. The average Bonchev–Trinajstić information content (AvgIpc) is 2.29. The Morgan fingerprint density at radius 3 is 2.06 bits per heavy atom. The molecule has 100 valence electrons. The summed E-state index contributed by atoms with van der Waals surface area (Å²) in [7, 11) is 0. The summed E-state index contributed by atoms with van der Waals surface area (Å²) in [6.07, 6.45) is 1.27. The molecule has 7 heteroatoms. The molecule has 0 spiro atoms. The molecule has 1 saturated heterocycles. The first-order chi connectivity index (χ1) is 8.02. The van der Waals surface area contributed by atoms with Gasteiger partial charge in [0.05, 0.1) is 0 Å². The van der Waals surface area contributed by atoms with Crippen LogP contribution in [0.5, 0.6) is 0 Å². The lowest BCUT2D eigenvalue weighted by Gasteiger charge is -2.27. The smallest absolute Gasteiger partial charge is 0.227 e. The van der Waals surface area contributed by atoms with Crippen molar-refractivity contribution in [2.45, 2.75) is 19.3 Å². The topological polar surface area (TPSA) is 20.3 Å². The summed E-state index contributed by atoms with van der Waals surface area (Å²) < 4.78 is 52.8. The Morgan fingerprint density at radius 1 is 1.00 bits per heavy atom. The number of hydrogen-bond acceptors (Lipinski definition) is 1. The van der Waals surface area contributed by atoms with Crippen molar-refractivity contribution in [3.05, 3.63) is 29.3 Å². The Kier molecular flexibility index (Phi) is 4.56. The fourth-order valence-electron chi connectivity index (χ4n) is 1.84. The van der Waals surface area contributed by atoms with Gasteiger partial charge in [-0.05, 0) is 12.8 Å². The first kappa shape index (κ1) is 14.8. The molecule has 2 rings (SSSR count). The van der Waals surface area contributed by atoms with Gasteiger partial charge in [-0.1, -0.05) is 0 Å². The number of anilines is 1. The van der Waals surface area contributed by atoms with Crippen LogP contribution < -0.4 is 4.90 Å². The number of carbonyl (C=O) groups excluding carboxylic acids is 1. The first-order valence-electron chi connectivity index (χ1n) is 5.15. The minimum atomic E-state index is -1.53. The SMILES string of the molecule is Cl.O=C1CCCCN1c1c(F)c(F)cc(F)c1F. The van der Waals surface area contributed by atoms with E-state index < -0.39 is 34.9 Å². The molecule has 1 aromatic carbocycles. The summed E-state index contributed by atoms with van der Waals surface area (Å²) in [5, 5.41) is 0. The van der Waals surface area contributed by atoms with Gasteiger partial charge in [0.15, 0.2) is 23.3 Å². The second-order valence-electron chi connectivity index (χ2n) is 3.82. The number of carbonyl (C=O) groups is 1. The molecule has 0 aromatic heterocycles. The van der Waals surface area contributed by atoms with Crippen molar-refractivity contribution in [2.24, 2.45) is 0 Å². The molecule has 2 nitrogen and oxygen atoms in total. The molecule has 0 bridgehead atoms. The molecule has 1 heterocycles. The van der Waals surface area contributed by atoms with Gasteiger partial charge in [0.2, 0.25) is 5.91 Å². The lowest BCUT2D eigenvalue weighted by molar-refractivity contribution is -0.119. The van der Waals surface area contributed by atoms with Crippen molar-refractivity contribution in [3.63, 3.8) is 0 Å². The highest BCUT2D eigenvalue weighted by Gasteiger charge is 2.29. The Hall–Kier alpha value is -1.30. The van der Waals surface area contributed by atoms with E-state index in [-0.39, 0.29) is 31.4 Å². The summed E-state index contributed by atoms with van der Waals surface area (Å²) in [5.74, 6) is -6.59. The average molecular weight is 284 g/mol. The molecule has 0 radical (unpaired) electrons. The molecular weight excluding hydrogens is 274 g/mol. The molecule has 1 amide bonds. The van der Waals surface area contributed by atoms with Crippen LogP contribution in [0, 0.1) is 23.3 Å². The third-order valence-corrected chi connectivity index (χ3v) is 2.68. The molecule has 1 aliphatic rings. The first-order valence-corrected chi connectivity index (χ1v) is 5.15. The molecule has 0 saturated carbocycles.